The van der Waals surface area contributed by atoms with E-state index < -0.39 is 22.0 Å². The lowest BCUT2D eigenvalue weighted by atomic mass is 9.94. The Morgan fingerprint density at radius 3 is 2.34 bits per heavy atom. The highest BCUT2D eigenvalue weighted by molar-refractivity contribution is 7.89. The Morgan fingerprint density at radius 1 is 1.05 bits per heavy atom. The van der Waals surface area contributed by atoms with Gasteiger partial charge in [-0.3, -0.25) is 9.80 Å². The van der Waals surface area contributed by atoms with Crippen LogP contribution in [0.25, 0.3) is 0 Å². The lowest BCUT2D eigenvalue weighted by molar-refractivity contribution is -0.139. The number of benzene rings is 2. The molecule has 0 aliphatic carbocycles. The summed E-state index contributed by atoms with van der Waals surface area (Å²) < 4.78 is 44.5. The van der Waals surface area contributed by atoms with E-state index in [4.69, 9.17) is 14.2 Å². The molecule has 2 aliphatic rings. The van der Waals surface area contributed by atoms with E-state index in [9.17, 15) is 18.0 Å². The van der Waals surface area contributed by atoms with E-state index in [0.29, 0.717) is 41.4 Å². The normalized spacial score (nSPS) is 20.5. The quantitative estimate of drug-likeness (QED) is 0.446. The van der Waals surface area contributed by atoms with Crippen LogP contribution in [0, 0.1) is 6.92 Å². The SMILES string of the molecule is CCOC(=O)C1=C(CN2CCN(S(=O)(=O)c3ccc(C)cc3)C(C)C2)N(C)C(=O)NC1c1ccc(OC)c(OC)c1. The van der Waals surface area contributed by atoms with Crippen molar-refractivity contribution in [2.75, 3.05) is 54.1 Å². The van der Waals surface area contributed by atoms with Crippen molar-refractivity contribution in [2.45, 2.75) is 37.8 Å². The molecule has 2 amide bonds. The molecule has 0 radical (unpaired) electrons. The van der Waals surface area contributed by atoms with Gasteiger partial charge < -0.3 is 19.5 Å². The number of esters is 1. The predicted molar refractivity (Wildman–Crippen MR) is 153 cm³/mol. The van der Waals surface area contributed by atoms with Crippen molar-refractivity contribution in [2.24, 2.45) is 0 Å². The van der Waals surface area contributed by atoms with Crippen molar-refractivity contribution in [1.82, 2.24) is 19.4 Å². The summed E-state index contributed by atoms with van der Waals surface area (Å²) in [4.78, 5) is 30.2. The number of hydrogen-bond acceptors (Lipinski definition) is 8. The summed E-state index contributed by atoms with van der Waals surface area (Å²) >= 11 is 0. The minimum atomic E-state index is -3.67. The van der Waals surface area contributed by atoms with Crippen LogP contribution in [0.1, 0.15) is 31.0 Å². The zero-order valence-electron chi connectivity index (χ0n) is 24.3. The smallest absolute Gasteiger partial charge is 0.338 e. The third-order valence-electron chi connectivity index (χ3n) is 7.46. The van der Waals surface area contributed by atoms with E-state index in [-0.39, 0.29) is 36.7 Å². The van der Waals surface area contributed by atoms with Crippen molar-refractivity contribution >= 4 is 22.0 Å². The summed E-state index contributed by atoms with van der Waals surface area (Å²) in [5.41, 5.74) is 2.42. The fraction of sp³-hybridized carbons (Fsp3) is 0.448. The molecule has 2 aromatic rings. The van der Waals surface area contributed by atoms with E-state index in [0.717, 1.165) is 5.56 Å². The average Bonchev–Trinajstić information content (AvgIpc) is 2.95. The maximum Gasteiger partial charge on any atom is 0.338 e. The van der Waals surface area contributed by atoms with Crippen LogP contribution in [0.2, 0.25) is 0 Å². The number of piperazine rings is 1. The highest BCUT2D eigenvalue weighted by Crippen LogP contribution is 2.36. The second kappa shape index (κ2) is 12.5. The molecule has 2 aliphatic heterocycles. The Balaban J connectivity index is 1.65. The maximum atomic E-state index is 13.4. The fourth-order valence-electron chi connectivity index (χ4n) is 5.25. The maximum absolute atomic E-state index is 13.4. The first-order valence-corrected chi connectivity index (χ1v) is 14.9. The van der Waals surface area contributed by atoms with Crippen LogP contribution in [0.3, 0.4) is 0 Å². The largest absolute Gasteiger partial charge is 0.493 e. The molecule has 0 bridgehead atoms. The van der Waals surface area contributed by atoms with Gasteiger partial charge in [-0.1, -0.05) is 23.8 Å². The molecule has 1 fully saturated rings. The first-order chi connectivity index (χ1) is 19.5. The monoisotopic (exact) mass is 586 g/mol. The number of likely N-dealkylation sites (N-methyl/N-ethyl adjacent to an activating group) is 1. The molecule has 2 unspecified atom stereocenters. The Hall–Kier alpha value is -3.61. The minimum absolute atomic E-state index is 0.165. The number of ether oxygens (including phenoxy) is 3. The zero-order chi connectivity index (χ0) is 29.9. The number of urea groups is 1. The van der Waals surface area contributed by atoms with Crippen molar-refractivity contribution in [1.29, 1.82) is 0 Å². The number of rotatable bonds is 9. The molecule has 0 aromatic heterocycles. The van der Waals surface area contributed by atoms with Gasteiger partial charge in [-0.15, -0.1) is 0 Å². The molecule has 1 N–H and O–H groups in total. The Morgan fingerprint density at radius 2 is 1.73 bits per heavy atom. The summed E-state index contributed by atoms with van der Waals surface area (Å²) in [6.45, 7) is 7.03. The van der Waals surface area contributed by atoms with Crippen LogP contribution in [0.15, 0.2) is 58.6 Å². The molecule has 1 saturated heterocycles. The molecule has 11 nitrogen and oxygen atoms in total. The number of methoxy groups -OCH3 is 2. The van der Waals surface area contributed by atoms with E-state index >= 15 is 0 Å². The number of nitrogens with one attached hydrogen (secondary N) is 1. The third kappa shape index (κ3) is 6.19. The number of hydrogen-bond donors (Lipinski definition) is 1. The number of amides is 2. The fourth-order valence-corrected chi connectivity index (χ4v) is 6.87. The second-order valence-corrected chi connectivity index (χ2v) is 12.0. The van der Waals surface area contributed by atoms with E-state index in [1.807, 2.05) is 13.8 Å². The molecule has 41 heavy (non-hydrogen) atoms. The van der Waals surface area contributed by atoms with Gasteiger partial charge in [-0.2, -0.15) is 4.31 Å². The number of sulfonamides is 1. The van der Waals surface area contributed by atoms with Gasteiger partial charge in [0.25, 0.3) is 0 Å². The van der Waals surface area contributed by atoms with Crippen molar-refractivity contribution in [3.05, 3.63) is 64.9 Å². The first kappa shape index (κ1) is 30.4. The highest BCUT2D eigenvalue weighted by atomic mass is 32.2. The molecule has 2 atom stereocenters. The highest BCUT2D eigenvalue weighted by Gasteiger charge is 2.39. The lowest BCUT2D eigenvalue weighted by Crippen LogP contribution is -2.56. The molecule has 12 heteroatoms. The van der Waals surface area contributed by atoms with Gasteiger partial charge in [0.1, 0.15) is 0 Å². The summed E-state index contributed by atoms with van der Waals surface area (Å²) in [7, 11) is 0.986. The van der Waals surface area contributed by atoms with Gasteiger partial charge in [-0.25, -0.2) is 18.0 Å². The Labute approximate surface area is 241 Å². The first-order valence-electron chi connectivity index (χ1n) is 13.5. The second-order valence-electron chi connectivity index (χ2n) is 10.1. The van der Waals surface area contributed by atoms with E-state index in [1.54, 1.807) is 56.4 Å². The van der Waals surface area contributed by atoms with Crippen LogP contribution in [-0.4, -0.2) is 94.6 Å². The summed E-state index contributed by atoms with van der Waals surface area (Å²) in [5, 5.41) is 2.91. The van der Waals surface area contributed by atoms with Crippen LogP contribution in [0.5, 0.6) is 11.5 Å². The molecule has 0 saturated carbocycles. The van der Waals surface area contributed by atoms with Crippen LogP contribution < -0.4 is 14.8 Å². The van der Waals surface area contributed by atoms with Gasteiger partial charge in [0.15, 0.2) is 11.5 Å². The van der Waals surface area contributed by atoms with Gasteiger partial charge >= 0.3 is 12.0 Å². The molecule has 2 heterocycles. The summed E-state index contributed by atoms with van der Waals surface area (Å²) in [6.07, 6.45) is 0. The average molecular weight is 587 g/mol. The predicted octanol–water partition coefficient (Wildman–Crippen LogP) is 2.92. The third-order valence-corrected chi connectivity index (χ3v) is 9.49. The molecule has 222 valence electrons. The van der Waals surface area contributed by atoms with Crippen LogP contribution in [0.4, 0.5) is 4.79 Å². The Kier molecular flexibility index (Phi) is 9.25. The zero-order valence-corrected chi connectivity index (χ0v) is 25.2. The number of carbonyl (C=O) groups is 2. The van der Waals surface area contributed by atoms with Crippen molar-refractivity contribution in [3.8, 4) is 11.5 Å². The van der Waals surface area contributed by atoms with Gasteiger partial charge in [0.2, 0.25) is 10.0 Å². The van der Waals surface area contributed by atoms with Gasteiger partial charge in [0, 0.05) is 45.0 Å². The number of aryl methyl sites for hydroxylation is 1. The lowest BCUT2D eigenvalue weighted by Gasteiger charge is -2.41. The van der Waals surface area contributed by atoms with E-state index in [1.165, 1.54) is 23.4 Å². The minimum Gasteiger partial charge on any atom is -0.493 e. The van der Waals surface area contributed by atoms with Crippen molar-refractivity contribution in [3.63, 3.8) is 0 Å². The molecular weight excluding hydrogens is 548 g/mol. The van der Waals surface area contributed by atoms with Gasteiger partial charge in [0.05, 0.1) is 37.3 Å². The summed E-state index contributed by atoms with van der Waals surface area (Å²) in [6, 6.07) is 10.6. The standard InChI is InChI=1S/C29H38N4O7S/c1-7-40-28(34)26-23(31(4)29(35)30-27(26)21-10-13-24(38-5)25(16-21)39-6)18-32-14-15-33(20(3)17-32)41(36,37)22-11-8-19(2)9-12-22/h8-13,16,20,27H,7,14-15,17-18H2,1-6H3,(H,30,35). The molecule has 2 aromatic carbocycles. The van der Waals surface area contributed by atoms with Crippen LogP contribution in [-0.2, 0) is 19.6 Å². The Bertz CT molecular complexity index is 1430. The molecule has 0 spiro atoms. The van der Waals surface area contributed by atoms with Crippen molar-refractivity contribution < 1.29 is 32.2 Å². The van der Waals surface area contributed by atoms with Gasteiger partial charge in [-0.05, 0) is 50.6 Å². The van der Waals surface area contributed by atoms with E-state index in [2.05, 4.69) is 10.2 Å². The summed E-state index contributed by atoms with van der Waals surface area (Å²) in [5.74, 6) is 0.440. The molecular formula is C29H38N4O7S. The topological polar surface area (TPSA) is 118 Å². The number of carbonyl (C=O) groups excluding carboxylic acids is 2. The number of nitrogens with zero attached hydrogens (tertiary/aromatic N) is 3. The van der Waals surface area contributed by atoms with Crippen LogP contribution >= 0.6 is 0 Å². The molecule has 4 rings (SSSR count).